The van der Waals surface area contributed by atoms with Crippen molar-refractivity contribution in [1.29, 1.82) is 0 Å². The van der Waals surface area contributed by atoms with Crippen molar-refractivity contribution in [3.8, 4) is 0 Å². The van der Waals surface area contributed by atoms with Gasteiger partial charge in [-0.3, -0.25) is 0 Å². The minimum Gasteiger partial charge on any atom is -0.355 e. The summed E-state index contributed by atoms with van der Waals surface area (Å²) in [5, 5.41) is 0.774. The van der Waals surface area contributed by atoms with Gasteiger partial charge in [0.15, 0.2) is 0 Å². The standard InChI is InChI=1S/C15H18ClN3/c1-11-7-8-18-15(13(11)9-17)19(2)10-12-5-3-4-6-14(12)16/h3-8H,9-10,17H2,1-2H3. The zero-order valence-corrected chi connectivity index (χ0v) is 12.0. The summed E-state index contributed by atoms with van der Waals surface area (Å²) >= 11 is 6.19. The lowest BCUT2D eigenvalue weighted by Crippen LogP contribution is -2.21. The Morgan fingerprint density at radius 1 is 1.26 bits per heavy atom. The molecule has 0 saturated carbocycles. The van der Waals surface area contributed by atoms with E-state index in [0.29, 0.717) is 13.1 Å². The molecule has 0 fully saturated rings. The summed E-state index contributed by atoms with van der Waals surface area (Å²) in [6.07, 6.45) is 1.81. The van der Waals surface area contributed by atoms with E-state index in [4.69, 9.17) is 17.3 Å². The molecule has 1 heterocycles. The highest BCUT2D eigenvalue weighted by atomic mass is 35.5. The highest BCUT2D eigenvalue weighted by Gasteiger charge is 2.11. The Labute approximate surface area is 119 Å². The lowest BCUT2D eigenvalue weighted by Gasteiger charge is -2.22. The second-order valence-electron chi connectivity index (χ2n) is 4.58. The van der Waals surface area contributed by atoms with E-state index < -0.39 is 0 Å². The predicted molar refractivity (Wildman–Crippen MR) is 80.4 cm³/mol. The molecule has 0 unspecified atom stereocenters. The van der Waals surface area contributed by atoms with Crippen LogP contribution in [0.3, 0.4) is 0 Å². The summed E-state index contributed by atoms with van der Waals surface area (Å²) in [4.78, 5) is 6.52. The van der Waals surface area contributed by atoms with Crippen molar-refractivity contribution in [3.05, 3.63) is 58.2 Å². The van der Waals surface area contributed by atoms with Gasteiger partial charge in [0.25, 0.3) is 0 Å². The molecular formula is C15H18ClN3. The minimum atomic E-state index is 0.488. The van der Waals surface area contributed by atoms with E-state index in [1.54, 1.807) is 0 Å². The SMILES string of the molecule is Cc1ccnc(N(C)Cc2ccccc2Cl)c1CN. The first-order chi connectivity index (χ1) is 9.13. The summed E-state index contributed by atoms with van der Waals surface area (Å²) in [5.41, 5.74) is 9.15. The third kappa shape index (κ3) is 3.06. The average molecular weight is 276 g/mol. The number of aryl methyl sites for hydroxylation is 1. The molecular weight excluding hydrogens is 258 g/mol. The molecule has 2 rings (SSSR count). The van der Waals surface area contributed by atoms with Crippen LogP contribution in [0.15, 0.2) is 36.5 Å². The van der Waals surface area contributed by atoms with E-state index in [1.165, 1.54) is 5.56 Å². The topological polar surface area (TPSA) is 42.2 Å². The molecule has 0 saturated heterocycles. The highest BCUT2D eigenvalue weighted by molar-refractivity contribution is 6.31. The maximum atomic E-state index is 6.19. The van der Waals surface area contributed by atoms with Crippen molar-refractivity contribution < 1.29 is 0 Å². The first-order valence-corrected chi connectivity index (χ1v) is 6.60. The molecule has 0 amide bonds. The molecule has 0 aliphatic carbocycles. The number of aromatic nitrogens is 1. The number of halogens is 1. The second-order valence-corrected chi connectivity index (χ2v) is 4.99. The Hall–Kier alpha value is -1.58. The third-order valence-electron chi connectivity index (χ3n) is 3.20. The Kier molecular flexibility index (Phi) is 4.40. The molecule has 100 valence electrons. The van der Waals surface area contributed by atoms with Crippen LogP contribution in [0.25, 0.3) is 0 Å². The van der Waals surface area contributed by atoms with Crippen LogP contribution in [-0.4, -0.2) is 12.0 Å². The van der Waals surface area contributed by atoms with Gasteiger partial charge in [0.05, 0.1) is 0 Å². The van der Waals surface area contributed by atoms with Gasteiger partial charge in [0.1, 0.15) is 5.82 Å². The predicted octanol–water partition coefficient (Wildman–Crippen LogP) is 3.14. The van der Waals surface area contributed by atoms with Crippen molar-refractivity contribution in [2.45, 2.75) is 20.0 Å². The molecule has 0 bridgehead atoms. The van der Waals surface area contributed by atoms with Crippen molar-refractivity contribution in [3.63, 3.8) is 0 Å². The van der Waals surface area contributed by atoms with Crippen molar-refractivity contribution in [2.24, 2.45) is 5.73 Å². The van der Waals surface area contributed by atoms with E-state index in [0.717, 1.165) is 22.0 Å². The van der Waals surface area contributed by atoms with Gasteiger partial charge in [-0.1, -0.05) is 29.8 Å². The number of pyridine rings is 1. The molecule has 0 radical (unpaired) electrons. The maximum Gasteiger partial charge on any atom is 0.133 e. The van der Waals surface area contributed by atoms with Gasteiger partial charge in [-0.2, -0.15) is 0 Å². The molecule has 1 aromatic carbocycles. The average Bonchev–Trinajstić information content (AvgIpc) is 2.41. The van der Waals surface area contributed by atoms with Crippen LogP contribution in [0.5, 0.6) is 0 Å². The van der Waals surface area contributed by atoms with E-state index in [9.17, 15) is 0 Å². The largest absolute Gasteiger partial charge is 0.355 e. The van der Waals surface area contributed by atoms with Crippen molar-refractivity contribution in [1.82, 2.24) is 4.98 Å². The smallest absolute Gasteiger partial charge is 0.133 e. The molecule has 0 aliphatic heterocycles. The maximum absolute atomic E-state index is 6.19. The van der Waals surface area contributed by atoms with Crippen LogP contribution < -0.4 is 10.6 Å². The molecule has 0 atom stereocenters. The summed E-state index contributed by atoms with van der Waals surface area (Å²) in [6.45, 7) is 3.25. The third-order valence-corrected chi connectivity index (χ3v) is 3.57. The van der Waals surface area contributed by atoms with Crippen LogP contribution in [0, 0.1) is 6.92 Å². The van der Waals surface area contributed by atoms with Gasteiger partial charge in [-0.15, -0.1) is 0 Å². The van der Waals surface area contributed by atoms with Gasteiger partial charge in [-0.05, 0) is 30.2 Å². The van der Waals surface area contributed by atoms with E-state index in [-0.39, 0.29) is 0 Å². The molecule has 2 N–H and O–H groups in total. The zero-order chi connectivity index (χ0) is 13.8. The van der Waals surface area contributed by atoms with Crippen LogP contribution in [0.4, 0.5) is 5.82 Å². The summed E-state index contributed by atoms with van der Waals surface area (Å²) in [5.74, 6) is 0.919. The second kappa shape index (κ2) is 6.04. The minimum absolute atomic E-state index is 0.488. The van der Waals surface area contributed by atoms with Gasteiger partial charge in [0.2, 0.25) is 0 Å². The van der Waals surface area contributed by atoms with Gasteiger partial charge in [-0.25, -0.2) is 4.98 Å². The zero-order valence-electron chi connectivity index (χ0n) is 11.2. The lowest BCUT2D eigenvalue weighted by atomic mass is 10.1. The molecule has 19 heavy (non-hydrogen) atoms. The van der Waals surface area contributed by atoms with Crippen molar-refractivity contribution in [2.75, 3.05) is 11.9 Å². The first-order valence-electron chi connectivity index (χ1n) is 6.22. The fourth-order valence-corrected chi connectivity index (χ4v) is 2.31. The summed E-state index contributed by atoms with van der Waals surface area (Å²) in [7, 11) is 2.00. The highest BCUT2D eigenvalue weighted by Crippen LogP contribution is 2.23. The molecule has 0 aliphatic rings. The van der Waals surface area contributed by atoms with Crippen LogP contribution in [-0.2, 0) is 13.1 Å². The number of anilines is 1. The van der Waals surface area contributed by atoms with Crippen LogP contribution in [0.2, 0.25) is 5.02 Å². The number of nitrogens with zero attached hydrogens (tertiary/aromatic N) is 2. The summed E-state index contributed by atoms with van der Waals surface area (Å²) in [6, 6.07) is 9.83. The Bertz CT molecular complexity index is 569. The molecule has 3 nitrogen and oxygen atoms in total. The molecule has 2 aromatic rings. The van der Waals surface area contributed by atoms with Crippen LogP contribution in [0.1, 0.15) is 16.7 Å². The number of hydrogen-bond acceptors (Lipinski definition) is 3. The number of rotatable bonds is 4. The van der Waals surface area contributed by atoms with Crippen LogP contribution >= 0.6 is 11.6 Å². The van der Waals surface area contributed by atoms with Gasteiger partial charge >= 0.3 is 0 Å². The normalized spacial score (nSPS) is 10.5. The van der Waals surface area contributed by atoms with Gasteiger partial charge < -0.3 is 10.6 Å². The molecule has 4 heteroatoms. The Morgan fingerprint density at radius 3 is 2.68 bits per heavy atom. The quantitative estimate of drug-likeness (QED) is 0.932. The van der Waals surface area contributed by atoms with E-state index in [1.807, 2.05) is 43.6 Å². The Balaban J connectivity index is 2.28. The fourth-order valence-electron chi connectivity index (χ4n) is 2.11. The lowest BCUT2D eigenvalue weighted by molar-refractivity contribution is 0.872. The Morgan fingerprint density at radius 2 is 2.00 bits per heavy atom. The number of benzene rings is 1. The monoisotopic (exact) mass is 275 g/mol. The van der Waals surface area contributed by atoms with E-state index in [2.05, 4.69) is 16.8 Å². The summed E-state index contributed by atoms with van der Waals surface area (Å²) < 4.78 is 0. The fraction of sp³-hybridized carbons (Fsp3) is 0.267. The molecule has 1 aromatic heterocycles. The first kappa shape index (κ1) is 13.8. The number of nitrogens with two attached hydrogens (primary N) is 1. The van der Waals surface area contributed by atoms with Gasteiger partial charge in [0, 0.05) is 36.9 Å². The van der Waals surface area contributed by atoms with E-state index >= 15 is 0 Å². The number of hydrogen-bond donors (Lipinski definition) is 1. The molecule has 0 spiro atoms. The van der Waals surface area contributed by atoms with Crippen molar-refractivity contribution >= 4 is 17.4 Å².